The maximum atomic E-state index is 10.1. The van der Waals surface area contributed by atoms with E-state index in [0.717, 1.165) is 37.0 Å². The molecule has 0 aromatic carbocycles. The van der Waals surface area contributed by atoms with Crippen molar-refractivity contribution in [1.29, 1.82) is 5.26 Å². The summed E-state index contributed by atoms with van der Waals surface area (Å²) >= 11 is 0. The molecule has 2 aliphatic rings. The average Bonchev–Trinajstić information content (AvgIpc) is 2.91. The van der Waals surface area contributed by atoms with Gasteiger partial charge in [0.05, 0.1) is 19.2 Å². The summed E-state index contributed by atoms with van der Waals surface area (Å²) in [5.41, 5.74) is 1.85. The molecular weight excluding hydrogens is 308 g/mol. The van der Waals surface area contributed by atoms with E-state index >= 15 is 0 Å². The first-order valence-corrected chi connectivity index (χ1v) is 8.70. The van der Waals surface area contributed by atoms with Crippen LogP contribution in [-0.2, 0) is 14.2 Å². The molecule has 1 N–H and O–H groups in total. The number of aliphatic imine (C=N–C) groups is 1. The Bertz CT molecular complexity index is 522. The molecule has 0 radical (unpaired) electrons. The fraction of sp³-hybridized carbons (Fsp3) is 0.778. The number of hydrogen-bond donors (Lipinski definition) is 1. The van der Waals surface area contributed by atoms with E-state index in [1.54, 1.807) is 0 Å². The monoisotopic (exact) mass is 336 g/mol. The van der Waals surface area contributed by atoms with Gasteiger partial charge in [-0.2, -0.15) is 5.26 Å². The number of ether oxygens (including phenoxy) is 3. The summed E-state index contributed by atoms with van der Waals surface area (Å²) in [4.78, 5) is 4.62. The zero-order valence-electron chi connectivity index (χ0n) is 14.8. The molecule has 0 saturated carbocycles. The van der Waals surface area contributed by atoms with Gasteiger partial charge in [0.2, 0.25) is 0 Å². The number of nitriles is 1. The highest BCUT2D eigenvalue weighted by Crippen LogP contribution is 2.27. The number of aliphatic hydroxyl groups excluding tert-OH is 1. The van der Waals surface area contributed by atoms with Crippen LogP contribution >= 0.6 is 0 Å². The molecule has 24 heavy (non-hydrogen) atoms. The number of nitrogens with zero attached hydrogens (tertiary/aromatic N) is 2. The van der Waals surface area contributed by atoms with Crippen molar-refractivity contribution < 1.29 is 19.3 Å². The van der Waals surface area contributed by atoms with E-state index in [9.17, 15) is 10.4 Å². The van der Waals surface area contributed by atoms with E-state index in [1.807, 2.05) is 26.8 Å². The molecule has 1 aliphatic carbocycles. The van der Waals surface area contributed by atoms with E-state index in [1.165, 1.54) is 0 Å². The van der Waals surface area contributed by atoms with E-state index in [2.05, 4.69) is 11.1 Å². The molecule has 6 nitrogen and oxygen atoms in total. The van der Waals surface area contributed by atoms with Gasteiger partial charge in [0, 0.05) is 12.3 Å². The number of rotatable bonds is 7. The molecule has 1 aliphatic heterocycles. The smallest absolute Gasteiger partial charge is 0.174 e. The third-order valence-corrected chi connectivity index (χ3v) is 4.13. The molecule has 0 bridgehead atoms. The van der Waals surface area contributed by atoms with Gasteiger partial charge in [-0.15, -0.1) is 0 Å². The number of aliphatic hydroxyl groups is 1. The van der Waals surface area contributed by atoms with Crippen molar-refractivity contribution in [2.75, 3.05) is 19.8 Å². The topological polar surface area (TPSA) is 84.1 Å². The molecule has 6 heteroatoms. The fourth-order valence-corrected chi connectivity index (χ4v) is 2.94. The molecular formula is C18H28N2O4. The Hall–Kier alpha value is -1.26. The molecule has 3 unspecified atom stereocenters. The zero-order valence-corrected chi connectivity index (χ0v) is 14.8. The van der Waals surface area contributed by atoms with Crippen LogP contribution in [0.5, 0.6) is 0 Å². The van der Waals surface area contributed by atoms with Gasteiger partial charge in [0.15, 0.2) is 12.1 Å². The maximum absolute atomic E-state index is 10.1. The van der Waals surface area contributed by atoms with Crippen molar-refractivity contribution in [3.63, 3.8) is 0 Å². The maximum Gasteiger partial charge on any atom is 0.174 e. The largest absolute Gasteiger partial charge is 0.367 e. The van der Waals surface area contributed by atoms with Gasteiger partial charge in [-0.05, 0) is 51.2 Å². The summed E-state index contributed by atoms with van der Waals surface area (Å²) < 4.78 is 16.6. The normalized spacial score (nSPS) is 27.5. The van der Waals surface area contributed by atoms with Crippen molar-refractivity contribution in [1.82, 2.24) is 0 Å². The molecule has 2 rings (SSSR count). The predicted molar refractivity (Wildman–Crippen MR) is 90.5 cm³/mol. The Balaban J connectivity index is 1.98. The van der Waals surface area contributed by atoms with Crippen molar-refractivity contribution in [3.8, 4) is 6.07 Å². The quantitative estimate of drug-likeness (QED) is 0.722. The van der Waals surface area contributed by atoms with Crippen molar-refractivity contribution in [2.24, 2.45) is 10.9 Å². The second-order valence-electron chi connectivity index (χ2n) is 6.72. The molecule has 1 heterocycles. The Morgan fingerprint density at radius 2 is 2.29 bits per heavy atom. The van der Waals surface area contributed by atoms with Crippen molar-refractivity contribution in [2.45, 2.75) is 64.6 Å². The summed E-state index contributed by atoms with van der Waals surface area (Å²) in [6, 6.07) is 2.17. The third kappa shape index (κ3) is 5.38. The number of hydrogen-bond acceptors (Lipinski definition) is 6. The minimum absolute atomic E-state index is 0.0310. The average molecular weight is 336 g/mol. The van der Waals surface area contributed by atoms with Gasteiger partial charge in [0.25, 0.3) is 0 Å². The van der Waals surface area contributed by atoms with Crippen molar-refractivity contribution >= 4 is 5.71 Å². The van der Waals surface area contributed by atoms with Gasteiger partial charge >= 0.3 is 0 Å². The van der Waals surface area contributed by atoms with Crippen LogP contribution in [0, 0.1) is 17.2 Å². The SMILES string of the molecule is CCCOC(O)C(C#N)C1=CC(=NCC2COC(C)(C)O2)CCC1. The molecule has 0 aromatic heterocycles. The lowest BCUT2D eigenvalue weighted by molar-refractivity contribution is -0.137. The van der Waals surface area contributed by atoms with Crippen LogP contribution in [-0.4, -0.2) is 48.8 Å². The van der Waals surface area contributed by atoms with E-state index in [4.69, 9.17) is 14.2 Å². The van der Waals surface area contributed by atoms with Crippen LogP contribution in [0.1, 0.15) is 46.5 Å². The number of allylic oxidation sites excluding steroid dienone is 1. The second-order valence-corrected chi connectivity index (χ2v) is 6.72. The second kappa shape index (κ2) is 8.72. The van der Waals surface area contributed by atoms with Gasteiger partial charge < -0.3 is 19.3 Å². The van der Waals surface area contributed by atoms with Crippen LogP contribution in [0.2, 0.25) is 0 Å². The fourth-order valence-electron chi connectivity index (χ4n) is 2.94. The summed E-state index contributed by atoms with van der Waals surface area (Å²) in [7, 11) is 0. The van der Waals surface area contributed by atoms with E-state index in [-0.39, 0.29) is 6.10 Å². The Kier molecular flexibility index (Phi) is 6.93. The van der Waals surface area contributed by atoms with E-state index in [0.29, 0.717) is 19.8 Å². The molecule has 134 valence electrons. The lowest BCUT2D eigenvalue weighted by Crippen LogP contribution is -2.26. The van der Waals surface area contributed by atoms with Gasteiger partial charge in [-0.3, -0.25) is 4.99 Å². The first kappa shape index (κ1) is 19.1. The van der Waals surface area contributed by atoms with Crippen LogP contribution in [0.25, 0.3) is 0 Å². The highest BCUT2D eigenvalue weighted by molar-refractivity contribution is 5.96. The Morgan fingerprint density at radius 3 is 2.92 bits per heavy atom. The van der Waals surface area contributed by atoms with Crippen LogP contribution in [0.15, 0.2) is 16.6 Å². The minimum Gasteiger partial charge on any atom is -0.367 e. The van der Waals surface area contributed by atoms with Gasteiger partial charge in [-0.1, -0.05) is 6.92 Å². The van der Waals surface area contributed by atoms with Crippen LogP contribution < -0.4 is 0 Å². The Morgan fingerprint density at radius 1 is 1.50 bits per heavy atom. The van der Waals surface area contributed by atoms with Crippen LogP contribution in [0.3, 0.4) is 0 Å². The summed E-state index contributed by atoms with van der Waals surface area (Å²) in [6.45, 7) is 7.30. The lowest BCUT2D eigenvalue weighted by Gasteiger charge is -2.23. The Labute approximate surface area is 144 Å². The minimum atomic E-state index is -1.08. The predicted octanol–water partition coefficient (Wildman–Crippen LogP) is 2.57. The summed E-state index contributed by atoms with van der Waals surface area (Å²) in [5, 5.41) is 19.5. The van der Waals surface area contributed by atoms with E-state index < -0.39 is 18.0 Å². The molecule has 1 fully saturated rings. The third-order valence-electron chi connectivity index (χ3n) is 4.13. The van der Waals surface area contributed by atoms with Crippen LogP contribution in [0.4, 0.5) is 0 Å². The first-order chi connectivity index (χ1) is 11.4. The first-order valence-electron chi connectivity index (χ1n) is 8.70. The highest BCUT2D eigenvalue weighted by Gasteiger charge is 2.32. The zero-order chi connectivity index (χ0) is 17.6. The molecule has 1 saturated heterocycles. The lowest BCUT2D eigenvalue weighted by atomic mass is 9.88. The molecule has 3 atom stereocenters. The van der Waals surface area contributed by atoms with Crippen molar-refractivity contribution in [3.05, 3.63) is 11.6 Å². The molecule has 0 aromatic rings. The van der Waals surface area contributed by atoms with Gasteiger partial charge in [-0.25, -0.2) is 0 Å². The highest BCUT2D eigenvalue weighted by atomic mass is 16.7. The standard InChI is InChI=1S/C18H28N2O4/c1-4-8-22-17(21)16(10-19)13-6-5-7-14(9-13)20-11-15-12-23-18(2,3)24-15/h9,15-17,21H,4-8,11-12H2,1-3H3. The molecule has 0 spiro atoms. The molecule has 0 amide bonds. The summed E-state index contributed by atoms with van der Waals surface area (Å²) in [5.74, 6) is -1.17. The van der Waals surface area contributed by atoms with Gasteiger partial charge in [0.1, 0.15) is 12.0 Å². The summed E-state index contributed by atoms with van der Waals surface area (Å²) in [6.07, 6.45) is 4.24.